The van der Waals surface area contributed by atoms with Crippen LogP contribution < -0.4 is 9.80 Å². The molecule has 0 N–H and O–H groups in total. The van der Waals surface area contributed by atoms with Crippen LogP contribution in [0.5, 0.6) is 0 Å². The molecule has 1 aromatic carbocycles. The van der Waals surface area contributed by atoms with Gasteiger partial charge in [-0.3, -0.25) is 4.79 Å². The molecule has 2 aliphatic heterocycles. The molecule has 0 bridgehead atoms. The molecule has 0 saturated carbocycles. The van der Waals surface area contributed by atoms with E-state index >= 15 is 0 Å². The molecule has 33 heavy (non-hydrogen) atoms. The number of aromatic nitrogens is 4. The first-order valence-corrected chi connectivity index (χ1v) is 12.5. The third-order valence-corrected chi connectivity index (χ3v) is 7.06. The van der Waals surface area contributed by atoms with Gasteiger partial charge in [0.25, 0.3) is 0 Å². The van der Waals surface area contributed by atoms with E-state index in [2.05, 4.69) is 45.4 Å². The molecular formula is C26H34N6O. The van der Waals surface area contributed by atoms with Crippen LogP contribution in [0.1, 0.15) is 56.8 Å². The zero-order valence-corrected chi connectivity index (χ0v) is 19.8. The lowest BCUT2D eigenvalue weighted by Gasteiger charge is -2.36. The van der Waals surface area contributed by atoms with Crippen LogP contribution in [0.3, 0.4) is 0 Å². The molecule has 3 aromatic rings. The SMILES string of the molecule is CCCN(C(=O)[C@@H]1CCCN(c2ncnc3c2nc2n3CCCCC2)C1)c1ccccc1C. The maximum Gasteiger partial charge on any atom is 0.231 e. The molecule has 4 heterocycles. The molecule has 0 aliphatic carbocycles. The summed E-state index contributed by atoms with van der Waals surface area (Å²) in [5.74, 6) is 2.19. The molecule has 1 fully saturated rings. The second kappa shape index (κ2) is 9.49. The van der Waals surface area contributed by atoms with Gasteiger partial charge in [-0.25, -0.2) is 15.0 Å². The van der Waals surface area contributed by atoms with Crippen LogP contribution in [0.15, 0.2) is 30.6 Å². The second-order valence-corrected chi connectivity index (χ2v) is 9.42. The van der Waals surface area contributed by atoms with Gasteiger partial charge in [-0.05, 0) is 50.7 Å². The number of amides is 1. The number of carbonyl (C=O) groups excluding carboxylic acids is 1. The Kier molecular flexibility index (Phi) is 6.29. The summed E-state index contributed by atoms with van der Waals surface area (Å²) in [5, 5.41) is 0. The Morgan fingerprint density at radius 1 is 1.12 bits per heavy atom. The monoisotopic (exact) mass is 446 g/mol. The van der Waals surface area contributed by atoms with Crippen molar-refractivity contribution in [2.75, 3.05) is 29.4 Å². The third-order valence-electron chi connectivity index (χ3n) is 7.06. The first-order valence-electron chi connectivity index (χ1n) is 12.5. The van der Waals surface area contributed by atoms with Crippen LogP contribution in [0.25, 0.3) is 11.2 Å². The van der Waals surface area contributed by atoms with E-state index in [1.54, 1.807) is 6.33 Å². The van der Waals surface area contributed by atoms with Crippen molar-refractivity contribution in [2.24, 2.45) is 5.92 Å². The molecule has 7 heteroatoms. The molecule has 174 valence electrons. The predicted octanol–water partition coefficient (Wildman–Crippen LogP) is 4.52. The first-order chi connectivity index (χ1) is 16.2. The van der Waals surface area contributed by atoms with Crippen molar-refractivity contribution in [1.82, 2.24) is 19.5 Å². The number of carbonyl (C=O) groups is 1. The van der Waals surface area contributed by atoms with E-state index < -0.39 is 0 Å². The number of anilines is 2. The number of nitrogens with zero attached hydrogens (tertiary/aromatic N) is 6. The maximum atomic E-state index is 13.7. The van der Waals surface area contributed by atoms with Crippen LogP contribution in [0, 0.1) is 12.8 Å². The van der Waals surface area contributed by atoms with Crippen molar-refractivity contribution in [3.8, 4) is 0 Å². The topological polar surface area (TPSA) is 67.2 Å². The Labute approximate surface area is 195 Å². The third kappa shape index (κ3) is 4.21. The number of hydrogen-bond donors (Lipinski definition) is 0. The minimum atomic E-state index is -0.0460. The van der Waals surface area contributed by atoms with Gasteiger partial charge in [0.1, 0.15) is 12.2 Å². The number of fused-ring (bicyclic) bond motifs is 3. The lowest BCUT2D eigenvalue weighted by molar-refractivity contribution is -0.122. The normalized spacial score (nSPS) is 18.7. The second-order valence-electron chi connectivity index (χ2n) is 9.42. The molecule has 1 saturated heterocycles. The lowest BCUT2D eigenvalue weighted by atomic mass is 9.95. The predicted molar refractivity (Wildman–Crippen MR) is 132 cm³/mol. The van der Waals surface area contributed by atoms with Crippen molar-refractivity contribution in [1.29, 1.82) is 0 Å². The van der Waals surface area contributed by atoms with E-state index in [-0.39, 0.29) is 11.8 Å². The van der Waals surface area contributed by atoms with Gasteiger partial charge in [-0.15, -0.1) is 0 Å². The molecule has 0 unspecified atom stereocenters. The van der Waals surface area contributed by atoms with Crippen LogP contribution in [-0.2, 0) is 17.8 Å². The van der Waals surface area contributed by atoms with Gasteiger partial charge in [-0.2, -0.15) is 0 Å². The average molecular weight is 447 g/mol. The van der Waals surface area contributed by atoms with E-state index in [4.69, 9.17) is 4.98 Å². The van der Waals surface area contributed by atoms with Crippen molar-refractivity contribution in [3.05, 3.63) is 42.0 Å². The average Bonchev–Trinajstić information content (AvgIpc) is 3.03. The Hall–Kier alpha value is -2.96. The van der Waals surface area contributed by atoms with Gasteiger partial charge in [0.2, 0.25) is 5.91 Å². The van der Waals surface area contributed by atoms with E-state index in [1.165, 1.54) is 19.3 Å². The Morgan fingerprint density at radius 3 is 2.85 bits per heavy atom. The van der Waals surface area contributed by atoms with Crippen molar-refractivity contribution >= 4 is 28.6 Å². The number of aryl methyl sites for hydroxylation is 3. The number of piperidine rings is 1. The molecule has 5 rings (SSSR count). The van der Waals surface area contributed by atoms with E-state index in [1.807, 2.05) is 17.0 Å². The standard InChI is InChI=1S/C26H34N6O/c1-3-14-31(21-12-7-6-10-19(21)2)26(33)20-11-9-15-30(17-20)24-23-25(28-18-27-24)32-16-8-4-5-13-22(32)29-23/h6-7,10,12,18,20H,3-5,8-9,11,13-17H2,1-2H3/t20-/m1/s1. The number of hydrogen-bond acceptors (Lipinski definition) is 5. The molecule has 2 aromatic heterocycles. The Balaban J connectivity index is 1.42. The minimum absolute atomic E-state index is 0.0460. The number of imidazole rings is 1. The molecule has 0 radical (unpaired) electrons. The molecule has 2 aliphatic rings. The van der Waals surface area contributed by atoms with E-state index in [0.29, 0.717) is 6.54 Å². The highest BCUT2D eigenvalue weighted by Crippen LogP contribution is 2.31. The number of benzene rings is 1. The van der Waals surface area contributed by atoms with Gasteiger partial charge < -0.3 is 14.4 Å². The zero-order chi connectivity index (χ0) is 22.8. The number of rotatable bonds is 5. The Bertz CT molecular complexity index is 1140. The summed E-state index contributed by atoms with van der Waals surface area (Å²) in [7, 11) is 0. The number of para-hydroxylation sites is 1. The fourth-order valence-corrected chi connectivity index (χ4v) is 5.39. The first kappa shape index (κ1) is 21.9. The maximum absolute atomic E-state index is 13.7. The zero-order valence-electron chi connectivity index (χ0n) is 19.8. The van der Waals surface area contributed by atoms with Crippen LogP contribution in [0.2, 0.25) is 0 Å². The lowest BCUT2D eigenvalue weighted by Crippen LogP contribution is -2.45. The van der Waals surface area contributed by atoms with Gasteiger partial charge in [-0.1, -0.05) is 31.5 Å². The van der Waals surface area contributed by atoms with Crippen molar-refractivity contribution < 1.29 is 4.79 Å². The molecule has 1 amide bonds. The molecule has 0 spiro atoms. The van der Waals surface area contributed by atoms with E-state index in [9.17, 15) is 4.79 Å². The molecule has 1 atom stereocenters. The Morgan fingerprint density at radius 2 is 2.00 bits per heavy atom. The van der Waals surface area contributed by atoms with Crippen LogP contribution >= 0.6 is 0 Å². The summed E-state index contributed by atoms with van der Waals surface area (Å²) < 4.78 is 2.28. The fourth-order valence-electron chi connectivity index (χ4n) is 5.39. The highest BCUT2D eigenvalue weighted by Gasteiger charge is 2.32. The van der Waals surface area contributed by atoms with Gasteiger partial charge in [0.15, 0.2) is 17.0 Å². The summed E-state index contributed by atoms with van der Waals surface area (Å²) in [6.45, 7) is 7.51. The van der Waals surface area contributed by atoms with Crippen LogP contribution in [-0.4, -0.2) is 45.1 Å². The fraction of sp³-hybridized carbons (Fsp3) is 0.538. The van der Waals surface area contributed by atoms with Crippen molar-refractivity contribution in [2.45, 2.75) is 65.3 Å². The summed E-state index contributed by atoms with van der Waals surface area (Å²) >= 11 is 0. The minimum Gasteiger partial charge on any atom is -0.354 e. The summed E-state index contributed by atoms with van der Waals surface area (Å²) in [4.78, 5) is 32.2. The van der Waals surface area contributed by atoms with Gasteiger partial charge in [0.05, 0.1) is 5.92 Å². The van der Waals surface area contributed by atoms with Crippen LogP contribution in [0.4, 0.5) is 11.5 Å². The molecule has 7 nitrogen and oxygen atoms in total. The quantitative estimate of drug-likeness (QED) is 0.576. The highest BCUT2D eigenvalue weighted by atomic mass is 16.2. The highest BCUT2D eigenvalue weighted by molar-refractivity contribution is 5.96. The summed E-state index contributed by atoms with van der Waals surface area (Å²) in [6.07, 6.45) is 9.08. The van der Waals surface area contributed by atoms with E-state index in [0.717, 1.165) is 79.4 Å². The van der Waals surface area contributed by atoms with Gasteiger partial charge >= 0.3 is 0 Å². The van der Waals surface area contributed by atoms with Crippen molar-refractivity contribution in [3.63, 3.8) is 0 Å². The molecular weight excluding hydrogens is 412 g/mol. The summed E-state index contributed by atoms with van der Waals surface area (Å²) in [6, 6.07) is 8.20. The summed E-state index contributed by atoms with van der Waals surface area (Å²) in [5.41, 5.74) is 4.01. The van der Waals surface area contributed by atoms with Gasteiger partial charge in [0, 0.05) is 38.3 Å². The largest absolute Gasteiger partial charge is 0.354 e. The smallest absolute Gasteiger partial charge is 0.231 e.